The second-order valence-electron chi connectivity index (χ2n) is 5.56. The second kappa shape index (κ2) is 6.24. The van der Waals surface area contributed by atoms with Crippen molar-refractivity contribution in [2.75, 3.05) is 5.32 Å². The lowest BCUT2D eigenvalue weighted by Crippen LogP contribution is -1.98. The largest absolute Gasteiger partial charge is 0.457 e. The van der Waals surface area contributed by atoms with Gasteiger partial charge in [-0.2, -0.15) is 0 Å². The van der Waals surface area contributed by atoms with E-state index in [0.29, 0.717) is 11.7 Å². The molecular formula is C19H15FN4O. The third-order valence-corrected chi connectivity index (χ3v) is 3.84. The fourth-order valence-corrected chi connectivity index (χ4v) is 2.56. The normalized spacial score (nSPS) is 10.8. The first kappa shape index (κ1) is 15.1. The molecule has 0 fully saturated rings. The Morgan fingerprint density at radius 3 is 2.48 bits per heavy atom. The maximum absolute atomic E-state index is 13.0. The van der Waals surface area contributed by atoms with Crippen LogP contribution in [0.1, 0.15) is 0 Å². The highest BCUT2D eigenvalue weighted by Gasteiger charge is 2.09. The van der Waals surface area contributed by atoms with E-state index in [0.717, 1.165) is 22.5 Å². The van der Waals surface area contributed by atoms with Gasteiger partial charge in [0.15, 0.2) is 0 Å². The average molecular weight is 334 g/mol. The molecule has 0 saturated heterocycles. The number of hydrogen-bond donors (Lipinski definition) is 1. The maximum atomic E-state index is 13.0. The van der Waals surface area contributed by atoms with Crippen LogP contribution >= 0.6 is 0 Å². The van der Waals surface area contributed by atoms with Gasteiger partial charge >= 0.3 is 0 Å². The maximum Gasteiger partial charge on any atom is 0.208 e. The number of pyridine rings is 1. The topological polar surface area (TPSA) is 52.0 Å². The van der Waals surface area contributed by atoms with Crippen molar-refractivity contribution >= 4 is 22.7 Å². The number of anilines is 2. The van der Waals surface area contributed by atoms with Crippen molar-refractivity contribution in [2.24, 2.45) is 7.05 Å². The number of hydrogen-bond acceptors (Lipinski definition) is 4. The summed E-state index contributed by atoms with van der Waals surface area (Å²) in [5.74, 6) is 1.82. The summed E-state index contributed by atoms with van der Waals surface area (Å²) in [5.41, 5.74) is 2.54. The first-order valence-electron chi connectivity index (χ1n) is 7.76. The van der Waals surface area contributed by atoms with Crippen molar-refractivity contribution in [3.63, 3.8) is 0 Å². The van der Waals surface area contributed by atoms with E-state index in [-0.39, 0.29) is 5.82 Å². The average Bonchev–Trinajstić information content (AvgIpc) is 2.93. The molecule has 124 valence electrons. The zero-order chi connectivity index (χ0) is 17.2. The number of fused-ring (bicyclic) bond motifs is 1. The van der Waals surface area contributed by atoms with E-state index in [4.69, 9.17) is 4.74 Å². The van der Waals surface area contributed by atoms with Gasteiger partial charge in [0, 0.05) is 31.2 Å². The van der Waals surface area contributed by atoms with E-state index in [9.17, 15) is 4.39 Å². The van der Waals surface area contributed by atoms with E-state index in [2.05, 4.69) is 15.3 Å². The molecule has 4 aromatic rings. The van der Waals surface area contributed by atoms with Crippen LogP contribution in [-0.4, -0.2) is 14.5 Å². The van der Waals surface area contributed by atoms with Crippen LogP contribution in [0, 0.1) is 5.82 Å². The molecule has 5 nitrogen and oxygen atoms in total. The minimum Gasteiger partial charge on any atom is -0.457 e. The van der Waals surface area contributed by atoms with Crippen LogP contribution < -0.4 is 10.1 Å². The SMILES string of the molecule is Cn1c(Nc2ccc(F)cc2)nc2cc(Oc3ccncc3)ccc21. The van der Waals surface area contributed by atoms with Gasteiger partial charge in [-0.25, -0.2) is 9.37 Å². The van der Waals surface area contributed by atoms with Crippen LogP contribution in [0.15, 0.2) is 67.0 Å². The Bertz CT molecular complexity index is 1010. The van der Waals surface area contributed by atoms with Gasteiger partial charge in [0.05, 0.1) is 11.0 Å². The summed E-state index contributed by atoms with van der Waals surface area (Å²) in [6.45, 7) is 0. The zero-order valence-electron chi connectivity index (χ0n) is 13.5. The molecule has 0 radical (unpaired) electrons. The highest BCUT2D eigenvalue weighted by Crippen LogP contribution is 2.27. The number of aryl methyl sites for hydroxylation is 1. The van der Waals surface area contributed by atoms with Gasteiger partial charge in [0.1, 0.15) is 17.3 Å². The third kappa shape index (κ3) is 3.14. The van der Waals surface area contributed by atoms with Gasteiger partial charge in [-0.3, -0.25) is 4.98 Å². The minimum absolute atomic E-state index is 0.270. The Labute approximate surface area is 143 Å². The molecule has 0 saturated carbocycles. The molecule has 2 aromatic heterocycles. The Morgan fingerprint density at radius 1 is 0.960 bits per heavy atom. The van der Waals surface area contributed by atoms with Gasteiger partial charge in [-0.05, 0) is 48.5 Å². The van der Waals surface area contributed by atoms with E-state index < -0.39 is 0 Å². The summed E-state index contributed by atoms with van der Waals surface area (Å²) in [5, 5.41) is 3.19. The second-order valence-corrected chi connectivity index (χ2v) is 5.56. The molecule has 2 heterocycles. The quantitative estimate of drug-likeness (QED) is 0.590. The Balaban J connectivity index is 1.63. The number of nitrogens with zero attached hydrogens (tertiary/aromatic N) is 3. The summed E-state index contributed by atoms with van der Waals surface area (Å²) in [6, 6.07) is 15.5. The van der Waals surface area contributed by atoms with Crippen molar-refractivity contribution in [3.05, 3.63) is 72.8 Å². The van der Waals surface area contributed by atoms with Crippen molar-refractivity contribution in [2.45, 2.75) is 0 Å². The van der Waals surface area contributed by atoms with Crippen molar-refractivity contribution < 1.29 is 9.13 Å². The van der Waals surface area contributed by atoms with Gasteiger partial charge in [0.2, 0.25) is 5.95 Å². The number of halogens is 1. The van der Waals surface area contributed by atoms with Crippen molar-refractivity contribution in [1.82, 2.24) is 14.5 Å². The van der Waals surface area contributed by atoms with Gasteiger partial charge < -0.3 is 14.6 Å². The highest BCUT2D eigenvalue weighted by molar-refractivity contribution is 5.81. The molecule has 6 heteroatoms. The molecule has 0 amide bonds. The summed E-state index contributed by atoms with van der Waals surface area (Å²) in [4.78, 5) is 8.57. The Kier molecular flexibility index (Phi) is 3.78. The highest BCUT2D eigenvalue weighted by atomic mass is 19.1. The van der Waals surface area contributed by atoms with Crippen LogP contribution in [0.2, 0.25) is 0 Å². The van der Waals surface area contributed by atoms with Crippen LogP contribution in [0.3, 0.4) is 0 Å². The fourth-order valence-electron chi connectivity index (χ4n) is 2.56. The zero-order valence-corrected chi connectivity index (χ0v) is 13.5. The summed E-state index contributed by atoms with van der Waals surface area (Å²) >= 11 is 0. The molecule has 25 heavy (non-hydrogen) atoms. The van der Waals surface area contributed by atoms with Crippen LogP contribution in [0.4, 0.5) is 16.0 Å². The van der Waals surface area contributed by atoms with E-state index >= 15 is 0 Å². The lowest BCUT2D eigenvalue weighted by atomic mass is 10.3. The van der Waals surface area contributed by atoms with Gasteiger partial charge in [-0.15, -0.1) is 0 Å². The smallest absolute Gasteiger partial charge is 0.208 e. The number of aromatic nitrogens is 3. The van der Waals surface area contributed by atoms with Crippen molar-refractivity contribution in [1.29, 1.82) is 0 Å². The lowest BCUT2D eigenvalue weighted by Gasteiger charge is -2.06. The molecule has 0 spiro atoms. The monoisotopic (exact) mass is 334 g/mol. The van der Waals surface area contributed by atoms with Crippen LogP contribution in [0.5, 0.6) is 11.5 Å². The van der Waals surface area contributed by atoms with Crippen molar-refractivity contribution in [3.8, 4) is 11.5 Å². The molecule has 1 N–H and O–H groups in total. The number of nitrogens with one attached hydrogen (secondary N) is 1. The number of benzene rings is 2. The predicted molar refractivity (Wildman–Crippen MR) is 94.7 cm³/mol. The Morgan fingerprint density at radius 2 is 1.72 bits per heavy atom. The number of rotatable bonds is 4. The predicted octanol–water partition coefficient (Wildman–Crippen LogP) is 4.64. The molecule has 0 atom stereocenters. The third-order valence-electron chi connectivity index (χ3n) is 3.84. The summed E-state index contributed by atoms with van der Waals surface area (Å²) in [6.07, 6.45) is 3.36. The fraction of sp³-hybridized carbons (Fsp3) is 0.0526. The standard InChI is InChI=1S/C19H15FN4O/c1-24-18-7-6-16(25-15-8-10-21-11-9-15)12-17(18)23-19(24)22-14-4-2-13(20)3-5-14/h2-12H,1H3,(H,22,23). The molecule has 0 aliphatic rings. The molecule has 0 bridgehead atoms. The van der Waals surface area contributed by atoms with E-state index in [1.165, 1.54) is 12.1 Å². The summed E-state index contributed by atoms with van der Waals surface area (Å²) < 4.78 is 20.8. The van der Waals surface area contributed by atoms with Crippen LogP contribution in [-0.2, 0) is 7.05 Å². The molecule has 0 unspecified atom stereocenters. The number of imidazole rings is 1. The molecule has 0 aliphatic heterocycles. The lowest BCUT2D eigenvalue weighted by molar-refractivity contribution is 0.482. The molecule has 0 aliphatic carbocycles. The molecule has 4 rings (SSSR count). The molecule has 2 aromatic carbocycles. The number of ether oxygens (including phenoxy) is 1. The van der Waals surface area contributed by atoms with E-state index in [1.54, 1.807) is 36.7 Å². The first-order chi connectivity index (χ1) is 12.2. The Hall–Kier alpha value is -3.41. The minimum atomic E-state index is -0.270. The van der Waals surface area contributed by atoms with Crippen LogP contribution in [0.25, 0.3) is 11.0 Å². The van der Waals surface area contributed by atoms with Gasteiger partial charge in [0.25, 0.3) is 0 Å². The van der Waals surface area contributed by atoms with Gasteiger partial charge in [-0.1, -0.05) is 0 Å². The van der Waals surface area contributed by atoms with E-state index in [1.807, 2.05) is 29.8 Å². The first-order valence-corrected chi connectivity index (χ1v) is 7.76. The summed E-state index contributed by atoms with van der Waals surface area (Å²) in [7, 11) is 1.92. The molecular weight excluding hydrogens is 319 g/mol.